The van der Waals surface area contributed by atoms with Crippen LogP contribution in [-0.4, -0.2) is 34.3 Å². The van der Waals surface area contributed by atoms with E-state index in [4.69, 9.17) is 0 Å². The molecule has 1 heterocycles. The lowest BCUT2D eigenvalue weighted by Gasteiger charge is -1.91. The quantitative estimate of drug-likeness (QED) is 0.734. The molecule has 0 aliphatic carbocycles. The minimum atomic E-state index is -0.596. The zero-order valence-corrected chi connectivity index (χ0v) is 9.62. The summed E-state index contributed by atoms with van der Waals surface area (Å²) in [5.41, 5.74) is 0.0183. The molecule has 0 radical (unpaired) electrons. The van der Waals surface area contributed by atoms with Gasteiger partial charge in [-0.2, -0.15) is 10.3 Å². The fourth-order valence-electron chi connectivity index (χ4n) is 1.30. The topological polar surface area (TPSA) is 92.1 Å². The second-order valence-electron chi connectivity index (χ2n) is 3.41. The van der Waals surface area contributed by atoms with E-state index in [9.17, 15) is 9.59 Å². The Balaban J connectivity index is 2.26. The molecule has 92 valence electrons. The molecular weight excluding hydrogens is 234 g/mol. The highest BCUT2D eigenvalue weighted by molar-refractivity contribution is 5.91. The minimum Gasteiger partial charge on any atom is -0.354 e. The Labute approximate surface area is 102 Å². The van der Waals surface area contributed by atoms with Gasteiger partial charge in [-0.15, -0.1) is 9.89 Å². The highest BCUT2D eigenvalue weighted by Gasteiger charge is 2.14. The highest BCUT2D eigenvalue weighted by atomic mass is 16.2. The van der Waals surface area contributed by atoms with Crippen molar-refractivity contribution in [3.05, 3.63) is 51.9 Å². The number of hydrogen-bond donors (Lipinski definition) is 2. The molecule has 0 atom stereocenters. The molecule has 1 amide bonds. The summed E-state index contributed by atoms with van der Waals surface area (Å²) < 4.78 is 0. The Hall–Kier alpha value is -2.70. The molecule has 1 aromatic heterocycles. The molecule has 0 spiro atoms. The molecule has 7 nitrogen and oxygen atoms in total. The first-order valence-corrected chi connectivity index (χ1v) is 5.21. The highest BCUT2D eigenvalue weighted by Crippen LogP contribution is 1.93. The first-order chi connectivity index (χ1) is 8.72. The third-order valence-corrected chi connectivity index (χ3v) is 2.22. The number of aromatic nitrogens is 3. The number of aromatic amines is 1. The van der Waals surface area contributed by atoms with Crippen LogP contribution in [0.3, 0.4) is 0 Å². The number of carbonyl (C=O) groups excluding carboxylic acids is 1. The molecule has 1 aromatic carbocycles. The van der Waals surface area contributed by atoms with E-state index in [0.717, 1.165) is 10.4 Å². The first kappa shape index (κ1) is 11.8. The lowest BCUT2D eigenvalue weighted by atomic mass is 10.2. The van der Waals surface area contributed by atoms with Crippen LogP contribution in [0.1, 0.15) is 16.1 Å². The number of nitrogens with zero attached hydrogens (tertiary/aromatic N) is 3. The van der Waals surface area contributed by atoms with E-state index < -0.39 is 11.5 Å². The average Bonchev–Trinajstić information content (AvgIpc) is 2.78. The van der Waals surface area contributed by atoms with Crippen molar-refractivity contribution < 1.29 is 4.79 Å². The van der Waals surface area contributed by atoms with E-state index in [1.807, 2.05) is 30.3 Å². The summed E-state index contributed by atoms with van der Waals surface area (Å²) in [6, 6.07) is 9.26. The lowest BCUT2D eigenvalue weighted by Crippen LogP contribution is -2.26. The minimum absolute atomic E-state index is 0.220. The van der Waals surface area contributed by atoms with Gasteiger partial charge < -0.3 is 5.32 Å². The molecule has 0 saturated carbocycles. The fraction of sp³-hybridized carbons (Fsp3) is 0.0909. The number of amides is 1. The summed E-state index contributed by atoms with van der Waals surface area (Å²) in [6.45, 7) is 0. The van der Waals surface area contributed by atoms with Crippen LogP contribution in [0, 0.1) is 0 Å². The van der Waals surface area contributed by atoms with Gasteiger partial charge in [0.25, 0.3) is 5.91 Å². The van der Waals surface area contributed by atoms with Gasteiger partial charge >= 0.3 is 5.56 Å². The van der Waals surface area contributed by atoms with Crippen LogP contribution in [0.5, 0.6) is 0 Å². The van der Waals surface area contributed by atoms with Gasteiger partial charge in [0, 0.05) is 7.05 Å². The number of benzene rings is 1. The standard InChI is InChI=1S/C11H11N5O2/c1-12-10(17)9-11(18)16(15-14-9)13-7-8-5-3-2-4-6-8/h2-7,15H,1H3,(H,12,17). The maximum absolute atomic E-state index is 11.7. The number of carbonyl (C=O) groups is 1. The van der Waals surface area contributed by atoms with E-state index in [0.29, 0.717) is 0 Å². The summed E-state index contributed by atoms with van der Waals surface area (Å²) in [6.07, 6.45) is 1.49. The van der Waals surface area contributed by atoms with Crippen LogP contribution in [-0.2, 0) is 0 Å². The molecule has 0 bridgehead atoms. The molecule has 7 heteroatoms. The lowest BCUT2D eigenvalue weighted by molar-refractivity contribution is 0.0957. The monoisotopic (exact) mass is 245 g/mol. The van der Waals surface area contributed by atoms with Gasteiger partial charge in [-0.05, 0) is 5.56 Å². The summed E-state index contributed by atoms with van der Waals surface area (Å²) >= 11 is 0. The van der Waals surface area contributed by atoms with E-state index in [-0.39, 0.29) is 5.69 Å². The van der Waals surface area contributed by atoms with Gasteiger partial charge in [0.2, 0.25) is 5.69 Å². The van der Waals surface area contributed by atoms with Gasteiger partial charge in [-0.25, -0.2) is 0 Å². The number of rotatable bonds is 3. The summed E-state index contributed by atoms with van der Waals surface area (Å²) in [5.74, 6) is -0.551. The van der Waals surface area contributed by atoms with Crippen LogP contribution < -0.4 is 10.9 Å². The van der Waals surface area contributed by atoms with Crippen molar-refractivity contribution in [1.82, 2.24) is 20.4 Å². The molecule has 0 unspecified atom stereocenters. The molecule has 2 aromatic rings. The molecule has 0 saturated heterocycles. The number of hydrogen-bond acceptors (Lipinski definition) is 4. The van der Waals surface area contributed by atoms with Gasteiger partial charge in [-0.3, -0.25) is 9.59 Å². The number of H-pyrrole nitrogens is 1. The van der Waals surface area contributed by atoms with Crippen molar-refractivity contribution in [1.29, 1.82) is 0 Å². The smallest absolute Gasteiger partial charge is 0.320 e. The largest absolute Gasteiger partial charge is 0.354 e. The van der Waals surface area contributed by atoms with Crippen molar-refractivity contribution in [2.75, 3.05) is 7.05 Å². The Bertz CT molecular complexity index is 626. The normalized spacial score (nSPS) is 10.7. The van der Waals surface area contributed by atoms with Crippen LogP contribution in [0.25, 0.3) is 0 Å². The Morgan fingerprint density at radius 1 is 1.44 bits per heavy atom. The van der Waals surface area contributed by atoms with E-state index in [2.05, 4.69) is 20.7 Å². The van der Waals surface area contributed by atoms with Gasteiger partial charge in [-0.1, -0.05) is 30.3 Å². The maximum Gasteiger partial charge on any atom is 0.320 e. The van der Waals surface area contributed by atoms with E-state index >= 15 is 0 Å². The Kier molecular flexibility index (Phi) is 3.33. The zero-order valence-electron chi connectivity index (χ0n) is 9.62. The van der Waals surface area contributed by atoms with Crippen molar-refractivity contribution in [2.24, 2.45) is 5.10 Å². The van der Waals surface area contributed by atoms with Crippen LogP contribution >= 0.6 is 0 Å². The molecule has 0 aliphatic heterocycles. The van der Waals surface area contributed by atoms with Crippen molar-refractivity contribution in [3.8, 4) is 0 Å². The second kappa shape index (κ2) is 5.09. The summed E-state index contributed by atoms with van der Waals surface area (Å²) in [5, 5.41) is 12.2. The predicted molar refractivity (Wildman–Crippen MR) is 65.7 cm³/mol. The third kappa shape index (κ3) is 2.34. The van der Waals surface area contributed by atoms with Crippen LogP contribution in [0.4, 0.5) is 0 Å². The van der Waals surface area contributed by atoms with Crippen LogP contribution in [0.2, 0.25) is 0 Å². The molecular formula is C11H11N5O2. The van der Waals surface area contributed by atoms with E-state index in [1.165, 1.54) is 13.3 Å². The first-order valence-electron chi connectivity index (χ1n) is 5.21. The maximum atomic E-state index is 11.7. The summed E-state index contributed by atoms with van der Waals surface area (Å²) in [4.78, 5) is 23.8. The molecule has 18 heavy (non-hydrogen) atoms. The molecule has 0 aliphatic rings. The molecule has 2 N–H and O–H groups in total. The Morgan fingerprint density at radius 2 is 2.17 bits per heavy atom. The number of nitrogens with one attached hydrogen (secondary N) is 2. The molecule has 2 rings (SSSR count). The van der Waals surface area contributed by atoms with Gasteiger partial charge in [0.15, 0.2) is 0 Å². The van der Waals surface area contributed by atoms with E-state index in [1.54, 1.807) is 0 Å². The molecule has 0 fully saturated rings. The average molecular weight is 245 g/mol. The van der Waals surface area contributed by atoms with Crippen LogP contribution in [0.15, 0.2) is 40.2 Å². The fourth-order valence-corrected chi connectivity index (χ4v) is 1.30. The van der Waals surface area contributed by atoms with Crippen molar-refractivity contribution >= 4 is 12.1 Å². The zero-order chi connectivity index (χ0) is 13.0. The van der Waals surface area contributed by atoms with Gasteiger partial charge in [0.1, 0.15) is 0 Å². The Morgan fingerprint density at radius 3 is 2.83 bits per heavy atom. The van der Waals surface area contributed by atoms with Crippen molar-refractivity contribution in [3.63, 3.8) is 0 Å². The van der Waals surface area contributed by atoms with Gasteiger partial charge in [0.05, 0.1) is 6.21 Å². The van der Waals surface area contributed by atoms with Crippen molar-refractivity contribution in [2.45, 2.75) is 0 Å². The SMILES string of the molecule is CNC(=O)c1n[nH]n(N=Cc2ccccc2)c1=O. The predicted octanol–water partition coefficient (Wildman–Crippen LogP) is -0.187. The third-order valence-electron chi connectivity index (χ3n) is 2.22. The summed E-state index contributed by atoms with van der Waals surface area (Å²) in [7, 11) is 1.42. The second-order valence-corrected chi connectivity index (χ2v) is 3.41.